The summed E-state index contributed by atoms with van der Waals surface area (Å²) in [5.74, 6) is -5.22. The molecular formula is C15H26N4O8. The average molecular weight is 390 g/mol. The normalized spacial score (nSPS) is 14.0. The van der Waals surface area contributed by atoms with E-state index in [0.717, 1.165) is 0 Å². The molecular weight excluding hydrogens is 364 g/mol. The van der Waals surface area contributed by atoms with E-state index in [1.54, 1.807) is 13.8 Å². The Hall–Kier alpha value is -2.73. The van der Waals surface area contributed by atoms with E-state index < -0.39 is 67.4 Å². The number of carbonyl (C=O) groups is 5. The molecule has 0 spiro atoms. The van der Waals surface area contributed by atoms with Crippen LogP contribution >= 0.6 is 0 Å². The third-order valence-corrected chi connectivity index (χ3v) is 3.54. The quantitative estimate of drug-likeness (QED) is 0.181. The van der Waals surface area contributed by atoms with Gasteiger partial charge in [0.2, 0.25) is 17.7 Å². The zero-order chi connectivity index (χ0) is 21.1. The van der Waals surface area contributed by atoms with Crippen LogP contribution in [-0.2, 0) is 24.0 Å². The molecule has 0 saturated carbocycles. The van der Waals surface area contributed by atoms with Crippen molar-refractivity contribution in [2.24, 2.45) is 11.7 Å². The second kappa shape index (κ2) is 11.8. The highest BCUT2D eigenvalue weighted by Crippen LogP contribution is 2.00. The molecule has 0 heterocycles. The predicted molar refractivity (Wildman–Crippen MR) is 91.3 cm³/mol. The van der Waals surface area contributed by atoms with Crippen molar-refractivity contribution in [2.75, 3.05) is 13.2 Å². The molecule has 0 aliphatic heterocycles. The van der Waals surface area contributed by atoms with Crippen molar-refractivity contribution in [3.05, 3.63) is 0 Å². The van der Waals surface area contributed by atoms with Crippen LogP contribution in [0.2, 0.25) is 0 Å². The number of carboxylic acid groups (broad SMARTS) is 2. The first-order valence-corrected chi connectivity index (χ1v) is 8.18. The van der Waals surface area contributed by atoms with Gasteiger partial charge in [-0.3, -0.25) is 19.2 Å². The topological polar surface area (TPSA) is 208 Å². The summed E-state index contributed by atoms with van der Waals surface area (Å²) in [6.07, 6.45) is -0.860. The van der Waals surface area contributed by atoms with Crippen LogP contribution in [0.1, 0.15) is 26.7 Å². The number of rotatable bonds is 12. The largest absolute Gasteiger partial charge is 0.481 e. The van der Waals surface area contributed by atoms with E-state index in [2.05, 4.69) is 10.6 Å². The standard InChI is InChI=1S/C15H26N4O8/c1-7(2)12(16)14(25)17-5-10(21)18-9(6-20)13(24)19-8(15(26)27)3-4-11(22)23/h7-9,12,20H,3-6,16H2,1-2H3,(H,17,25)(H,18,21)(H,19,24)(H,22,23)(H,26,27)/t8-,9+,12-/m0/s1. The van der Waals surface area contributed by atoms with Gasteiger partial charge in [0.25, 0.3) is 0 Å². The molecule has 0 saturated heterocycles. The number of amides is 3. The summed E-state index contributed by atoms with van der Waals surface area (Å²) in [5.41, 5.74) is 5.61. The molecule has 0 radical (unpaired) electrons. The van der Waals surface area contributed by atoms with E-state index in [1.165, 1.54) is 0 Å². The highest BCUT2D eigenvalue weighted by Gasteiger charge is 2.27. The van der Waals surface area contributed by atoms with Gasteiger partial charge in [0.05, 0.1) is 19.2 Å². The van der Waals surface area contributed by atoms with Crippen LogP contribution in [0.25, 0.3) is 0 Å². The number of aliphatic hydroxyl groups excluding tert-OH is 1. The summed E-state index contributed by atoms with van der Waals surface area (Å²) in [6, 6.07) is -3.79. The molecule has 0 aliphatic carbocycles. The zero-order valence-corrected chi connectivity index (χ0v) is 15.1. The fourth-order valence-electron chi connectivity index (χ4n) is 1.82. The first-order valence-electron chi connectivity index (χ1n) is 8.18. The van der Waals surface area contributed by atoms with E-state index >= 15 is 0 Å². The number of hydrogen-bond donors (Lipinski definition) is 7. The molecule has 0 rings (SSSR count). The maximum Gasteiger partial charge on any atom is 0.326 e. The van der Waals surface area contributed by atoms with Gasteiger partial charge < -0.3 is 37.0 Å². The van der Waals surface area contributed by atoms with Gasteiger partial charge >= 0.3 is 11.9 Å². The number of hydrogen-bond acceptors (Lipinski definition) is 7. The lowest BCUT2D eigenvalue weighted by Crippen LogP contribution is -2.55. The Morgan fingerprint density at radius 1 is 0.963 bits per heavy atom. The number of nitrogens with one attached hydrogen (secondary N) is 3. The number of aliphatic hydroxyl groups is 1. The van der Waals surface area contributed by atoms with Gasteiger partial charge in [-0.1, -0.05) is 13.8 Å². The Labute approximate surface area is 155 Å². The van der Waals surface area contributed by atoms with Crippen LogP contribution in [-0.4, -0.2) is 76.3 Å². The first kappa shape index (κ1) is 24.3. The van der Waals surface area contributed by atoms with Crippen molar-refractivity contribution in [1.29, 1.82) is 0 Å². The van der Waals surface area contributed by atoms with Crippen LogP contribution in [0.4, 0.5) is 0 Å². The second-order valence-electron chi connectivity index (χ2n) is 6.12. The van der Waals surface area contributed by atoms with Gasteiger partial charge in [0, 0.05) is 6.42 Å². The van der Waals surface area contributed by atoms with Gasteiger partial charge in [-0.05, 0) is 12.3 Å². The van der Waals surface area contributed by atoms with Crippen molar-refractivity contribution in [2.45, 2.75) is 44.8 Å². The fraction of sp³-hybridized carbons (Fsp3) is 0.667. The Balaban J connectivity index is 4.65. The predicted octanol–water partition coefficient (Wildman–Crippen LogP) is -3.00. The molecule has 12 nitrogen and oxygen atoms in total. The van der Waals surface area contributed by atoms with Gasteiger partial charge in [-0.15, -0.1) is 0 Å². The van der Waals surface area contributed by atoms with Crippen molar-refractivity contribution in [3.63, 3.8) is 0 Å². The highest BCUT2D eigenvalue weighted by atomic mass is 16.4. The van der Waals surface area contributed by atoms with Crippen molar-refractivity contribution < 1.29 is 39.3 Å². The molecule has 3 atom stereocenters. The Kier molecular flexibility index (Phi) is 10.6. The lowest BCUT2D eigenvalue weighted by Gasteiger charge is -2.20. The smallest absolute Gasteiger partial charge is 0.326 e. The molecule has 3 amide bonds. The fourth-order valence-corrected chi connectivity index (χ4v) is 1.82. The molecule has 154 valence electrons. The van der Waals surface area contributed by atoms with E-state index in [9.17, 15) is 29.1 Å². The van der Waals surface area contributed by atoms with E-state index in [0.29, 0.717) is 0 Å². The third kappa shape index (κ3) is 9.51. The molecule has 8 N–H and O–H groups in total. The van der Waals surface area contributed by atoms with Gasteiger partial charge in [-0.25, -0.2) is 4.79 Å². The monoisotopic (exact) mass is 390 g/mol. The maximum absolute atomic E-state index is 12.0. The molecule has 0 aliphatic rings. The Morgan fingerprint density at radius 3 is 2.00 bits per heavy atom. The summed E-state index contributed by atoms with van der Waals surface area (Å²) in [5, 5.41) is 33.3. The van der Waals surface area contributed by atoms with Crippen LogP contribution in [0, 0.1) is 5.92 Å². The van der Waals surface area contributed by atoms with Crippen LogP contribution in [0.5, 0.6) is 0 Å². The molecule has 0 aromatic heterocycles. The molecule has 0 bridgehead atoms. The van der Waals surface area contributed by atoms with Crippen molar-refractivity contribution >= 4 is 29.7 Å². The molecule has 12 heteroatoms. The highest BCUT2D eigenvalue weighted by molar-refractivity contribution is 5.92. The zero-order valence-electron chi connectivity index (χ0n) is 15.1. The maximum atomic E-state index is 12.0. The van der Waals surface area contributed by atoms with E-state index in [1.807, 2.05) is 5.32 Å². The Morgan fingerprint density at radius 2 is 1.56 bits per heavy atom. The molecule has 0 aromatic carbocycles. The average Bonchev–Trinajstić information content (AvgIpc) is 2.59. The molecule has 0 aromatic rings. The summed E-state index contributed by atoms with van der Waals surface area (Å²) >= 11 is 0. The SMILES string of the molecule is CC(C)[C@H](N)C(=O)NCC(=O)N[C@H](CO)C(=O)N[C@@H](CCC(=O)O)C(=O)O. The third-order valence-electron chi connectivity index (χ3n) is 3.54. The van der Waals surface area contributed by atoms with Gasteiger partial charge in [-0.2, -0.15) is 0 Å². The number of aliphatic carboxylic acids is 2. The summed E-state index contributed by atoms with van der Waals surface area (Å²) < 4.78 is 0. The van der Waals surface area contributed by atoms with Gasteiger partial charge in [0.15, 0.2) is 0 Å². The van der Waals surface area contributed by atoms with E-state index in [-0.39, 0.29) is 12.3 Å². The number of carbonyl (C=O) groups excluding carboxylic acids is 3. The minimum absolute atomic E-state index is 0.150. The number of nitrogens with two attached hydrogens (primary N) is 1. The lowest BCUT2D eigenvalue weighted by molar-refractivity contribution is -0.143. The van der Waals surface area contributed by atoms with E-state index in [4.69, 9.17) is 15.9 Å². The molecule has 0 unspecified atom stereocenters. The lowest BCUT2D eigenvalue weighted by atomic mass is 10.1. The molecule has 27 heavy (non-hydrogen) atoms. The van der Waals surface area contributed by atoms with Crippen molar-refractivity contribution in [1.82, 2.24) is 16.0 Å². The second-order valence-corrected chi connectivity index (χ2v) is 6.12. The minimum atomic E-state index is -1.50. The summed E-state index contributed by atoms with van der Waals surface area (Å²) in [6.45, 7) is 2.12. The van der Waals surface area contributed by atoms with Crippen LogP contribution < -0.4 is 21.7 Å². The van der Waals surface area contributed by atoms with Crippen LogP contribution in [0.15, 0.2) is 0 Å². The van der Waals surface area contributed by atoms with Crippen molar-refractivity contribution in [3.8, 4) is 0 Å². The summed E-state index contributed by atoms with van der Waals surface area (Å²) in [7, 11) is 0. The number of carboxylic acids is 2. The summed E-state index contributed by atoms with van der Waals surface area (Å²) in [4.78, 5) is 57.0. The Bertz CT molecular complexity index is 566. The first-order chi connectivity index (χ1) is 12.5. The molecule has 0 fully saturated rings. The van der Waals surface area contributed by atoms with Crippen LogP contribution in [0.3, 0.4) is 0 Å². The van der Waals surface area contributed by atoms with Gasteiger partial charge in [0.1, 0.15) is 12.1 Å². The minimum Gasteiger partial charge on any atom is -0.481 e.